The molecule has 0 unspecified atom stereocenters. The molecule has 0 aromatic carbocycles. The predicted molar refractivity (Wildman–Crippen MR) is 165 cm³/mol. The molecule has 2 amide bonds. The van der Waals surface area contributed by atoms with E-state index in [-0.39, 0.29) is 43.1 Å². The van der Waals surface area contributed by atoms with Crippen LogP contribution in [0.2, 0.25) is 0 Å². The summed E-state index contributed by atoms with van der Waals surface area (Å²) >= 11 is 4.03. The quantitative estimate of drug-likeness (QED) is 0.111. The van der Waals surface area contributed by atoms with Crippen molar-refractivity contribution in [2.75, 3.05) is 51.1 Å². The Morgan fingerprint density at radius 3 is 2.66 bits per heavy atom. The van der Waals surface area contributed by atoms with Crippen molar-refractivity contribution in [1.29, 1.82) is 0 Å². The lowest BCUT2D eigenvalue weighted by atomic mass is 10.0. The Bertz CT molecular complexity index is 1380. The fourth-order valence-electron chi connectivity index (χ4n) is 4.55. The number of fused-ring (bicyclic) bond motifs is 1. The van der Waals surface area contributed by atoms with Crippen LogP contribution in [0.5, 0.6) is 0 Å². The van der Waals surface area contributed by atoms with Gasteiger partial charge in [-0.05, 0) is 42.9 Å². The van der Waals surface area contributed by atoms with Gasteiger partial charge in [0.05, 0.1) is 24.6 Å². The van der Waals surface area contributed by atoms with Gasteiger partial charge in [0, 0.05) is 23.4 Å². The maximum atomic E-state index is 13.4. The van der Waals surface area contributed by atoms with E-state index in [0.29, 0.717) is 52.4 Å². The highest BCUT2D eigenvalue weighted by Gasteiger charge is 2.54. The van der Waals surface area contributed by atoms with Crippen LogP contribution in [0, 0.1) is 5.92 Å². The Labute approximate surface area is 267 Å². The number of nitrogens with one attached hydrogen (secondary N) is 1. The Morgan fingerprint density at radius 1 is 1.23 bits per heavy atom. The van der Waals surface area contributed by atoms with E-state index in [1.807, 2.05) is 32.8 Å². The number of ether oxygens (including phenoxy) is 2. The first-order valence-electron chi connectivity index (χ1n) is 14.2. The highest BCUT2D eigenvalue weighted by molar-refractivity contribution is 8.01. The third-order valence-corrected chi connectivity index (χ3v) is 10.1. The van der Waals surface area contributed by atoms with Gasteiger partial charge in [-0.1, -0.05) is 25.6 Å². The van der Waals surface area contributed by atoms with E-state index in [2.05, 4.69) is 25.8 Å². The standard InChI is InChI=1S/C26H37N9O6S3/c1-5-15(6-2)23(38)40-9-10-41-24(39)20-16(13-44-26-30-31-32-34(26)8-7-33(3)4)12-42-22-19(21(37)35(20)22)29-18(36)11-17-14-43-25(27)28-17/h14-15,19,22H,5-13H2,1-4H3,(H2,27,28)(H,29,36)/t19-,22+/m1/s1. The number of amides is 2. The minimum absolute atomic E-state index is 0.0142. The molecule has 2 atom stereocenters. The van der Waals surface area contributed by atoms with Gasteiger partial charge in [-0.2, -0.15) is 0 Å². The summed E-state index contributed by atoms with van der Waals surface area (Å²) in [5.41, 5.74) is 6.98. The third kappa shape index (κ3) is 8.28. The number of nitrogen functional groups attached to an aromatic ring is 1. The number of anilines is 1. The number of aromatic nitrogens is 5. The molecule has 44 heavy (non-hydrogen) atoms. The van der Waals surface area contributed by atoms with Crippen molar-refractivity contribution >= 4 is 63.7 Å². The first-order chi connectivity index (χ1) is 21.1. The molecule has 0 bridgehead atoms. The summed E-state index contributed by atoms with van der Waals surface area (Å²) in [5.74, 6) is -1.27. The molecule has 1 saturated heterocycles. The van der Waals surface area contributed by atoms with Crippen LogP contribution in [0.15, 0.2) is 21.8 Å². The molecular weight excluding hydrogens is 631 g/mol. The second-order valence-electron chi connectivity index (χ2n) is 10.4. The molecule has 4 rings (SSSR count). The third-order valence-electron chi connectivity index (χ3n) is 6.98. The van der Waals surface area contributed by atoms with Crippen LogP contribution >= 0.6 is 34.9 Å². The van der Waals surface area contributed by atoms with E-state index < -0.39 is 23.3 Å². The molecule has 3 N–H and O–H groups in total. The largest absolute Gasteiger partial charge is 0.462 e. The number of carbonyl (C=O) groups is 4. The lowest BCUT2D eigenvalue weighted by Crippen LogP contribution is -2.70. The van der Waals surface area contributed by atoms with Crippen LogP contribution in [-0.2, 0) is 41.6 Å². The van der Waals surface area contributed by atoms with Gasteiger partial charge in [0.15, 0.2) is 5.13 Å². The van der Waals surface area contributed by atoms with Gasteiger partial charge in [0.1, 0.15) is 30.3 Å². The summed E-state index contributed by atoms with van der Waals surface area (Å²) in [6, 6.07) is -0.806. The number of thioether (sulfide) groups is 2. The van der Waals surface area contributed by atoms with Gasteiger partial charge in [-0.15, -0.1) is 28.2 Å². The number of hydrogen-bond acceptors (Lipinski definition) is 15. The van der Waals surface area contributed by atoms with Gasteiger partial charge in [-0.3, -0.25) is 19.3 Å². The van der Waals surface area contributed by atoms with Gasteiger partial charge in [0.2, 0.25) is 11.1 Å². The molecule has 0 aliphatic carbocycles. The molecule has 240 valence electrons. The Hall–Kier alpha value is -3.22. The van der Waals surface area contributed by atoms with Crippen molar-refractivity contribution in [3.63, 3.8) is 0 Å². The van der Waals surface area contributed by atoms with Crippen LogP contribution < -0.4 is 11.1 Å². The summed E-state index contributed by atoms with van der Waals surface area (Å²) < 4.78 is 12.5. The molecule has 4 heterocycles. The summed E-state index contributed by atoms with van der Waals surface area (Å²) in [6.07, 6.45) is 1.31. The minimum atomic E-state index is -0.806. The van der Waals surface area contributed by atoms with E-state index in [0.717, 1.165) is 6.54 Å². The van der Waals surface area contributed by atoms with E-state index in [4.69, 9.17) is 15.2 Å². The van der Waals surface area contributed by atoms with E-state index in [9.17, 15) is 19.2 Å². The van der Waals surface area contributed by atoms with E-state index >= 15 is 0 Å². The predicted octanol–water partition coefficient (Wildman–Crippen LogP) is 0.785. The number of tetrazole rings is 1. The van der Waals surface area contributed by atoms with Crippen LogP contribution in [0.3, 0.4) is 0 Å². The maximum absolute atomic E-state index is 13.4. The Morgan fingerprint density at radius 2 is 1.98 bits per heavy atom. The zero-order chi connectivity index (χ0) is 31.8. The summed E-state index contributed by atoms with van der Waals surface area (Å²) in [5, 5.41) is 16.9. The number of rotatable bonds is 16. The second-order valence-corrected chi connectivity index (χ2v) is 13.3. The molecular formula is C26H37N9O6S3. The first-order valence-corrected chi connectivity index (χ1v) is 17.1. The number of β-lactam (4-membered cyclic amide) rings is 1. The number of nitrogens with zero attached hydrogens (tertiary/aromatic N) is 7. The van der Waals surface area contributed by atoms with Crippen LogP contribution in [0.1, 0.15) is 32.4 Å². The molecule has 1 fully saturated rings. The van der Waals surface area contributed by atoms with E-state index in [1.165, 1.54) is 39.8 Å². The average Bonchev–Trinajstić information content (AvgIpc) is 3.63. The molecule has 2 aromatic rings. The zero-order valence-electron chi connectivity index (χ0n) is 25.1. The summed E-state index contributed by atoms with van der Waals surface area (Å²) in [4.78, 5) is 59.1. The monoisotopic (exact) mass is 667 g/mol. The molecule has 0 radical (unpaired) electrons. The highest BCUT2D eigenvalue weighted by atomic mass is 32.2. The normalized spacial score (nSPS) is 18.0. The molecule has 2 aliphatic heterocycles. The fourth-order valence-corrected chi connectivity index (χ4v) is 7.50. The van der Waals surface area contributed by atoms with Crippen LogP contribution in [-0.4, -0.2) is 116 Å². The molecule has 2 aliphatic rings. The number of hydrogen-bond donors (Lipinski definition) is 2. The number of esters is 2. The molecule has 0 spiro atoms. The van der Waals surface area contributed by atoms with Crippen molar-refractivity contribution in [2.45, 2.75) is 56.2 Å². The number of carbonyl (C=O) groups excluding carboxylic acids is 4. The fraction of sp³-hybridized carbons (Fsp3) is 0.615. The average molecular weight is 668 g/mol. The summed E-state index contributed by atoms with van der Waals surface area (Å²) in [7, 11) is 3.91. The van der Waals surface area contributed by atoms with Crippen molar-refractivity contribution < 1.29 is 28.7 Å². The van der Waals surface area contributed by atoms with Crippen LogP contribution in [0.4, 0.5) is 5.13 Å². The lowest BCUT2D eigenvalue weighted by Gasteiger charge is -2.49. The van der Waals surface area contributed by atoms with Crippen molar-refractivity contribution in [3.8, 4) is 0 Å². The van der Waals surface area contributed by atoms with Crippen molar-refractivity contribution in [1.82, 2.24) is 40.3 Å². The minimum Gasteiger partial charge on any atom is -0.462 e. The van der Waals surface area contributed by atoms with E-state index in [1.54, 1.807) is 10.1 Å². The van der Waals surface area contributed by atoms with Gasteiger partial charge in [-0.25, -0.2) is 14.5 Å². The SMILES string of the molecule is CCC(CC)C(=O)OCCOC(=O)C1=C(CSc2nnnn2CCN(C)C)CS[C@H]2[C@H](NC(=O)Cc3csc(N)n3)C(=O)N12. The second kappa shape index (κ2) is 15.7. The van der Waals surface area contributed by atoms with Crippen LogP contribution in [0.25, 0.3) is 0 Å². The number of likely N-dealkylation sites (N-methyl/N-ethyl adjacent to an activating group) is 1. The van der Waals surface area contributed by atoms with Crippen molar-refractivity contribution in [2.24, 2.45) is 5.92 Å². The van der Waals surface area contributed by atoms with Gasteiger partial charge in [0.25, 0.3) is 5.91 Å². The molecule has 18 heteroatoms. The topological polar surface area (TPSA) is 188 Å². The zero-order valence-corrected chi connectivity index (χ0v) is 27.5. The maximum Gasteiger partial charge on any atom is 0.355 e. The Balaban J connectivity index is 1.45. The highest BCUT2D eigenvalue weighted by Crippen LogP contribution is 2.42. The lowest BCUT2D eigenvalue weighted by molar-refractivity contribution is -0.157. The van der Waals surface area contributed by atoms with Gasteiger partial charge >= 0.3 is 11.9 Å². The van der Waals surface area contributed by atoms with Gasteiger partial charge < -0.3 is 25.4 Å². The van der Waals surface area contributed by atoms with Crippen molar-refractivity contribution in [3.05, 3.63) is 22.3 Å². The summed E-state index contributed by atoms with van der Waals surface area (Å²) in [6.45, 7) is 4.90. The Kier molecular flexibility index (Phi) is 12.0. The first kappa shape index (κ1) is 33.7. The molecule has 0 saturated carbocycles. The smallest absolute Gasteiger partial charge is 0.355 e. The number of thiazole rings is 1. The number of nitrogens with two attached hydrogens (primary N) is 1. The molecule has 2 aromatic heterocycles. The molecule has 15 nitrogen and oxygen atoms in total.